The summed E-state index contributed by atoms with van der Waals surface area (Å²) in [7, 11) is 0. The first kappa shape index (κ1) is 11.7. The molecular formula is C15H22O. The molecule has 0 heterocycles. The van der Waals surface area contributed by atoms with Crippen molar-refractivity contribution in [1.82, 2.24) is 0 Å². The van der Waals surface area contributed by atoms with Gasteiger partial charge in [0, 0.05) is 0 Å². The average molecular weight is 218 g/mol. The van der Waals surface area contributed by atoms with E-state index >= 15 is 0 Å². The summed E-state index contributed by atoms with van der Waals surface area (Å²) in [5.41, 5.74) is 5.49. The molecule has 0 radical (unpaired) electrons. The number of aliphatic hydroxyl groups excluding tert-OH is 1. The van der Waals surface area contributed by atoms with Gasteiger partial charge in [0.25, 0.3) is 0 Å². The Bertz CT molecular complexity index is 379. The third-order valence-electron chi connectivity index (χ3n) is 4.08. The summed E-state index contributed by atoms with van der Waals surface area (Å²) < 4.78 is 0. The smallest absolute Gasteiger partial charge is 0.0634 e. The van der Waals surface area contributed by atoms with Crippen LogP contribution in [0.25, 0.3) is 0 Å². The molecule has 16 heavy (non-hydrogen) atoms. The Morgan fingerprint density at radius 3 is 2.12 bits per heavy atom. The minimum atomic E-state index is -0.174. The Balaban J connectivity index is 2.21. The molecule has 2 rings (SSSR count). The molecule has 1 saturated carbocycles. The van der Waals surface area contributed by atoms with Gasteiger partial charge in [-0.25, -0.2) is 0 Å². The Morgan fingerprint density at radius 1 is 1.19 bits per heavy atom. The zero-order chi connectivity index (χ0) is 11.9. The summed E-state index contributed by atoms with van der Waals surface area (Å²) in [4.78, 5) is 0. The molecule has 0 bridgehead atoms. The van der Waals surface area contributed by atoms with Crippen LogP contribution in [0.1, 0.15) is 42.0 Å². The largest absolute Gasteiger partial charge is 0.392 e. The van der Waals surface area contributed by atoms with Crippen molar-refractivity contribution >= 4 is 0 Å². The van der Waals surface area contributed by atoms with Crippen LogP contribution in [0.5, 0.6) is 0 Å². The maximum absolute atomic E-state index is 10.2. The monoisotopic (exact) mass is 218 g/mol. The lowest BCUT2D eigenvalue weighted by molar-refractivity contribution is 0.103. The van der Waals surface area contributed by atoms with Gasteiger partial charge in [-0.15, -0.1) is 0 Å². The van der Waals surface area contributed by atoms with E-state index in [-0.39, 0.29) is 11.5 Å². The third-order valence-corrected chi connectivity index (χ3v) is 4.08. The van der Waals surface area contributed by atoms with E-state index in [0.29, 0.717) is 0 Å². The van der Waals surface area contributed by atoms with Gasteiger partial charge in [-0.2, -0.15) is 0 Å². The van der Waals surface area contributed by atoms with Gasteiger partial charge in [0.05, 0.1) is 6.10 Å². The van der Waals surface area contributed by atoms with Gasteiger partial charge >= 0.3 is 0 Å². The van der Waals surface area contributed by atoms with Crippen LogP contribution in [-0.4, -0.2) is 11.2 Å². The molecule has 0 aliphatic heterocycles. The molecule has 1 aromatic carbocycles. The molecule has 1 aliphatic carbocycles. The van der Waals surface area contributed by atoms with E-state index in [1.54, 1.807) is 0 Å². The van der Waals surface area contributed by atoms with E-state index in [4.69, 9.17) is 0 Å². The molecule has 0 amide bonds. The first-order valence-corrected chi connectivity index (χ1v) is 6.17. The van der Waals surface area contributed by atoms with Crippen LogP contribution >= 0.6 is 0 Å². The molecule has 0 spiro atoms. The van der Waals surface area contributed by atoms with Crippen LogP contribution in [0.3, 0.4) is 0 Å². The van der Waals surface area contributed by atoms with Crippen molar-refractivity contribution in [2.75, 3.05) is 0 Å². The van der Waals surface area contributed by atoms with Crippen LogP contribution in [0.2, 0.25) is 0 Å². The third kappa shape index (κ3) is 2.15. The summed E-state index contributed by atoms with van der Waals surface area (Å²) in [6, 6.07) is 4.43. The number of hydrogen-bond donors (Lipinski definition) is 1. The number of aryl methyl sites for hydroxylation is 3. The molecule has 0 saturated heterocycles. The van der Waals surface area contributed by atoms with Crippen LogP contribution in [0.15, 0.2) is 12.1 Å². The van der Waals surface area contributed by atoms with E-state index < -0.39 is 0 Å². The molecule has 1 heteroatoms. The van der Waals surface area contributed by atoms with Crippen LogP contribution in [0.4, 0.5) is 0 Å². The Morgan fingerprint density at radius 2 is 1.69 bits per heavy atom. The van der Waals surface area contributed by atoms with E-state index in [1.165, 1.54) is 35.1 Å². The maximum Gasteiger partial charge on any atom is 0.0634 e. The van der Waals surface area contributed by atoms with Crippen molar-refractivity contribution in [2.45, 2.75) is 53.1 Å². The summed E-state index contributed by atoms with van der Waals surface area (Å²) in [6.07, 6.45) is 3.00. The molecule has 1 fully saturated rings. The molecule has 88 valence electrons. The highest BCUT2D eigenvalue weighted by atomic mass is 16.3. The van der Waals surface area contributed by atoms with Crippen molar-refractivity contribution in [3.05, 3.63) is 34.4 Å². The fraction of sp³-hybridized carbons (Fsp3) is 0.600. The fourth-order valence-electron chi connectivity index (χ4n) is 2.50. The lowest BCUT2D eigenvalue weighted by Gasteiger charge is -2.20. The standard InChI is InChI=1S/C15H22O/c1-10-7-11(2)13(12(3)8-10)9-14(16)15(4)5-6-15/h7-8,14,16H,5-6,9H2,1-4H3. The Hall–Kier alpha value is -0.820. The second kappa shape index (κ2) is 3.89. The van der Waals surface area contributed by atoms with E-state index in [2.05, 4.69) is 39.8 Å². The molecule has 1 aliphatic rings. The van der Waals surface area contributed by atoms with Crippen LogP contribution in [0, 0.1) is 26.2 Å². The van der Waals surface area contributed by atoms with E-state index in [0.717, 1.165) is 6.42 Å². The first-order chi connectivity index (χ1) is 7.42. The zero-order valence-electron chi connectivity index (χ0n) is 10.8. The second-order valence-corrected chi connectivity index (χ2v) is 5.75. The molecule has 1 nitrogen and oxygen atoms in total. The number of rotatable bonds is 3. The van der Waals surface area contributed by atoms with Gasteiger partial charge in [-0.1, -0.05) is 24.6 Å². The molecular weight excluding hydrogens is 196 g/mol. The normalized spacial score (nSPS) is 19.6. The Kier molecular flexibility index (Phi) is 2.83. The van der Waals surface area contributed by atoms with Crippen molar-refractivity contribution < 1.29 is 5.11 Å². The summed E-state index contributed by atoms with van der Waals surface area (Å²) >= 11 is 0. The maximum atomic E-state index is 10.2. The minimum Gasteiger partial charge on any atom is -0.392 e. The highest BCUT2D eigenvalue weighted by Crippen LogP contribution is 2.49. The fourth-order valence-corrected chi connectivity index (χ4v) is 2.50. The van der Waals surface area contributed by atoms with Crippen molar-refractivity contribution in [1.29, 1.82) is 0 Å². The van der Waals surface area contributed by atoms with Gasteiger partial charge in [-0.3, -0.25) is 0 Å². The highest BCUT2D eigenvalue weighted by Gasteiger charge is 2.44. The summed E-state index contributed by atoms with van der Waals surface area (Å²) in [5, 5.41) is 10.2. The predicted molar refractivity (Wildman–Crippen MR) is 67.7 cm³/mol. The lowest BCUT2D eigenvalue weighted by atomic mass is 9.90. The van der Waals surface area contributed by atoms with Crippen molar-refractivity contribution in [3.63, 3.8) is 0 Å². The summed E-state index contributed by atoms with van der Waals surface area (Å²) in [5.74, 6) is 0. The average Bonchev–Trinajstić information content (AvgIpc) is 2.91. The molecule has 1 aromatic rings. The molecule has 1 atom stereocenters. The lowest BCUT2D eigenvalue weighted by Crippen LogP contribution is -2.22. The zero-order valence-corrected chi connectivity index (χ0v) is 10.8. The topological polar surface area (TPSA) is 20.2 Å². The molecule has 0 aromatic heterocycles. The van der Waals surface area contributed by atoms with Gasteiger partial charge in [0.2, 0.25) is 0 Å². The van der Waals surface area contributed by atoms with Crippen LogP contribution < -0.4 is 0 Å². The minimum absolute atomic E-state index is 0.174. The van der Waals surface area contributed by atoms with Crippen molar-refractivity contribution in [3.8, 4) is 0 Å². The second-order valence-electron chi connectivity index (χ2n) is 5.75. The number of hydrogen-bond acceptors (Lipinski definition) is 1. The van der Waals surface area contributed by atoms with Gasteiger partial charge < -0.3 is 5.11 Å². The van der Waals surface area contributed by atoms with Crippen molar-refractivity contribution in [2.24, 2.45) is 5.41 Å². The quantitative estimate of drug-likeness (QED) is 0.825. The summed E-state index contributed by atoms with van der Waals surface area (Å²) in [6.45, 7) is 8.62. The Labute approximate surface area is 98.5 Å². The molecule has 1 N–H and O–H groups in total. The van der Waals surface area contributed by atoms with Gasteiger partial charge in [-0.05, 0) is 62.1 Å². The van der Waals surface area contributed by atoms with E-state index in [1.807, 2.05) is 0 Å². The highest BCUT2D eigenvalue weighted by molar-refractivity contribution is 5.38. The molecule has 1 unspecified atom stereocenters. The van der Waals surface area contributed by atoms with E-state index in [9.17, 15) is 5.11 Å². The number of aliphatic hydroxyl groups is 1. The number of benzene rings is 1. The van der Waals surface area contributed by atoms with Gasteiger partial charge in [0.15, 0.2) is 0 Å². The van der Waals surface area contributed by atoms with Crippen LogP contribution in [-0.2, 0) is 6.42 Å². The predicted octanol–water partition coefficient (Wildman–Crippen LogP) is 3.32. The first-order valence-electron chi connectivity index (χ1n) is 6.17. The SMILES string of the molecule is Cc1cc(C)c(CC(O)C2(C)CC2)c(C)c1. The van der Waals surface area contributed by atoms with Gasteiger partial charge in [0.1, 0.15) is 0 Å².